The normalized spacial score (nSPS) is 10.6. The molecule has 1 aromatic carbocycles. The zero-order chi connectivity index (χ0) is 13.0. The van der Waals surface area contributed by atoms with Gasteiger partial charge in [-0.2, -0.15) is 0 Å². The molecule has 0 bridgehead atoms. The van der Waals surface area contributed by atoms with Crippen LogP contribution in [0.5, 0.6) is 5.75 Å². The van der Waals surface area contributed by atoms with Crippen LogP contribution in [-0.4, -0.2) is 12.1 Å². The maximum absolute atomic E-state index is 5.66. The third-order valence-electron chi connectivity index (χ3n) is 2.53. The lowest BCUT2D eigenvalue weighted by Crippen LogP contribution is -1.98. The first kappa shape index (κ1) is 13.4. The van der Waals surface area contributed by atoms with Crippen molar-refractivity contribution in [1.82, 2.24) is 4.98 Å². The molecule has 1 heterocycles. The molecule has 0 atom stereocenters. The standard InChI is InChI=1S/C13H16N2OS2/c1-9-7-17-13(15-9)18-8-11-5-10(6-14)3-4-12(11)16-2/h3-5,7H,6,8,14H2,1-2H3. The molecule has 2 N–H and O–H groups in total. The Bertz CT molecular complexity index is 525. The lowest BCUT2D eigenvalue weighted by Gasteiger charge is -2.09. The average molecular weight is 280 g/mol. The van der Waals surface area contributed by atoms with Gasteiger partial charge in [-0.3, -0.25) is 0 Å². The van der Waals surface area contributed by atoms with E-state index in [1.165, 1.54) is 5.56 Å². The average Bonchev–Trinajstić information content (AvgIpc) is 2.81. The molecule has 18 heavy (non-hydrogen) atoms. The largest absolute Gasteiger partial charge is 0.496 e. The van der Waals surface area contributed by atoms with Gasteiger partial charge >= 0.3 is 0 Å². The Hall–Kier alpha value is -1.04. The molecule has 3 nitrogen and oxygen atoms in total. The summed E-state index contributed by atoms with van der Waals surface area (Å²) in [6.45, 7) is 2.56. The molecular weight excluding hydrogens is 264 g/mol. The van der Waals surface area contributed by atoms with Gasteiger partial charge in [0.25, 0.3) is 0 Å². The predicted octanol–water partition coefficient (Wildman–Crippen LogP) is 3.21. The molecule has 0 amide bonds. The number of thioether (sulfide) groups is 1. The fraction of sp³-hybridized carbons (Fsp3) is 0.308. The Kier molecular flexibility index (Phi) is 4.63. The second-order valence-electron chi connectivity index (χ2n) is 3.89. The van der Waals surface area contributed by atoms with Crippen LogP contribution in [0.3, 0.4) is 0 Å². The van der Waals surface area contributed by atoms with E-state index in [1.807, 2.05) is 19.1 Å². The maximum atomic E-state index is 5.66. The minimum absolute atomic E-state index is 0.554. The molecule has 0 saturated heterocycles. The number of aromatic nitrogens is 1. The number of aryl methyl sites for hydroxylation is 1. The van der Waals surface area contributed by atoms with E-state index in [0.717, 1.165) is 27.1 Å². The fourth-order valence-electron chi connectivity index (χ4n) is 1.61. The number of rotatable bonds is 5. The quantitative estimate of drug-likeness (QED) is 0.854. The van der Waals surface area contributed by atoms with Crippen LogP contribution in [0.15, 0.2) is 27.9 Å². The third kappa shape index (κ3) is 3.25. The van der Waals surface area contributed by atoms with Crippen molar-refractivity contribution < 1.29 is 4.74 Å². The summed E-state index contributed by atoms with van der Waals surface area (Å²) < 4.78 is 6.46. The van der Waals surface area contributed by atoms with E-state index in [1.54, 1.807) is 30.2 Å². The lowest BCUT2D eigenvalue weighted by molar-refractivity contribution is 0.411. The molecular formula is C13H16N2OS2. The second kappa shape index (κ2) is 6.22. The summed E-state index contributed by atoms with van der Waals surface area (Å²) in [6, 6.07) is 6.08. The first-order valence-corrected chi connectivity index (χ1v) is 7.50. The van der Waals surface area contributed by atoms with E-state index in [2.05, 4.69) is 16.4 Å². The molecule has 2 rings (SSSR count). The van der Waals surface area contributed by atoms with Gasteiger partial charge < -0.3 is 10.5 Å². The molecule has 0 saturated carbocycles. The highest BCUT2D eigenvalue weighted by Gasteiger charge is 2.06. The number of ether oxygens (including phenoxy) is 1. The van der Waals surface area contributed by atoms with Crippen molar-refractivity contribution in [3.63, 3.8) is 0 Å². The molecule has 0 fully saturated rings. The molecule has 0 aliphatic rings. The predicted molar refractivity (Wildman–Crippen MR) is 77.3 cm³/mol. The van der Waals surface area contributed by atoms with Crippen LogP contribution in [0, 0.1) is 6.92 Å². The highest BCUT2D eigenvalue weighted by Crippen LogP contribution is 2.30. The topological polar surface area (TPSA) is 48.1 Å². The minimum atomic E-state index is 0.554. The van der Waals surface area contributed by atoms with Gasteiger partial charge in [-0.15, -0.1) is 11.3 Å². The summed E-state index contributed by atoms with van der Waals surface area (Å²) in [6.07, 6.45) is 0. The van der Waals surface area contributed by atoms with Crippen molar-refractivity contribution >= 4 is 23.1 Å². The maximum Gasteiger partial charge on any atom is 0.150 e. The van der Waals surface area contributed by atoms with Crippen LogP contribution < -0.4 is 10.5 Å². The van der Waals surface area contributed by atoms with Gasteiger partial charge in [0.2, 0.25) is 0 Å². The second-order valence-corrected chi connectivity index (χ2v) is 5.97. The number of nitrogens with zero attached hydrogens (tertiary/aromatic N) is 1. The van der Waals surface area contributed by atoms with Crippen molar-refractivity contribution in [2.24, 2.45) is 5.73 Å². The van der Waals surface area contributed by atoms with Gasteiger partial charge in [-0.1, -0.05) is 17.8 Å². The van der Waals surface area contributed by atoms with E-state index >= 15 is 0 Å². The molecule has 0 radical (unpaired) electrons. The molecule has 0 aliphatic carbocycles. The Morgan fingerprint density at radius 2 is 2.28 bits per heavy atom. The van der Waals surface area contributed by atoms with Gasteiger partial charge in [-0.25, -0.2) is 4.98 Å². The van der Waals surface area contributed by atoms with E-state index in [0.29, 0.717) is 6.54 Å². The van der Waals surface area contributed by atoms with Crippen molar-refractivity contribution in [2.75, 3.05) is 7.11 Å². The van der Waals surface area contributed by atoms with Crippen molar-refractivity contribution in [2.45, 2.75) is 23.6 Å². The number of thiazole rings is 1. The van der Waals surface area contributed by atoms with Crippen LogP contribution in [-0.2, 0) is 12.3 Å². The number of nitrogens with two attached hydrogens (primary N) is 1. The smallest absolute Gasteiger partial charge is 0.150 e. The van der Waals surface area contributed by atoms with Crippen molar-refractivity contribution in [3.8, 4) is 5.75 Å². The zero-order valence-electron chi connectivity index (χ0n) is 10.5. The molecule has 0 spiro atoms. The Balaban J connectivity index is 2.11. The third-order valence-corrected chi connectivity index (χ3v) is 4.72. The molecule has 2 aromatic rings. The lowest BCUT2D eigenvalue weighted by atomic mass is 10.1. The van der Waals surface area contributed by atoms with E-state index in [-0.39, 0.29) is 0 Å². The highest BCUT2D eigenvalue weighted by molar-refractivity contribution is 8.00. The summed E-state index contributed by atoms with van der Waals surface area (Å²) in [5.41, 5.74) is 9.03. The fourth-order valence-corrected chi connectivity index (χ4v) is 3.44. The summed E-state index contributed by atoms with van der Waals surface area (Å²) in [7, 11) is 1.69. The van der Waals surface area contributed by atoms with Crippen LogP contribution in [0.1, 0.15) is 16.8 Å². The first-order valence-electron chi connectivity index (χ1n) is 5.63. The summed E-state index contributed by atoms with van der Waals surface area (Å²) in [5.74, 6) is 1.76. The molecule has 96 valence electrons. The minimum Gasteiger partial charge on any atom is -0.496 e. The number of hydrogen-bond donors (Lipinski definition) is 1. The Morgan fingerprint density at radius 1 is 1.44 bits per heavy atom. The van der Waals surface area contributed by atoms with Gasteiger partial charge in [-0.05, 0) is 24.6 Å². The number of methoxy groups -OCH3 is 1. The van der Waals surface area contributed by atoms with Crippen LogP contribution in [0.4, 0.5) is 0 Å². The van der Waals surface area contributed by atoms with Crippen LogP contribution >= 0.6 is 23.1 Å². The zero-order valence-corrected chi connectivity index (χ0v) is 12.1. The van der Waals surface area contributed by atoms with Gasteiger partial charge in [0.05, 0.1) is 7.11 Å². The summed E-state index contributed by atoms with van der Waals surface area (Å²) >= 11 is 3.41. The Labute approximate surface area is 115 Å². The summed E-state index contributed by atoms with van der Waals surface area (Å²) in [4.78, 5) is 4.44. The molecule has 5 heteroatoms. The Morgan fingerprint density at radius 3 is 2.89 bits per heavy atom. The van der Waals surface area contributed by atoms with E-state index in [4.69, 9.17) is 10.5 Å². The first-order chi connectivity index (χ1) is 8.72. The van der Waals surface area contributed by atoms with E-state index in [9.17, 15) is 0 Å². The number of hydrogen-bond acceptors (Lipinski definition) is 5. The van der Waals surface area contributed by atoms with E-state index < -0.39 is 0 Å². The van der Waals surface area contributed by atoms with Gasteiger partial charge in [0.1, 0.15) is 10.1 Å². The highest BCUT2D eigenvalue weighted by atomic mass is 32.2. The van der Waals surface area contributed by atoms with Crippen molar-refractivity contribution in [3.05, 3.63) is 40.4 Å². The van der Waals surface area contributed by atoms with Gasteiger partial charge in [0, 0.05) is 28.9 Å². The number of benzene rings is 1. The molecule has 1 aromatic heterocycles. The monoisotopic (exact) mass is 280 g/mol. The summed E-state index contributed by atoms with van der Waals surface area (Å²) in [5, 5.41) is 2.07. The molecule has 0 aliphatic heterocycles. The SMILES string of the molecule is COc1ccc(CN)cc1CSc1nc(C)cs1. The molecule has 0 unspecified atom stereocenters. The van der Waals surface area contributed by atoms with Crippen molar-refractivity contribution in [1.29, 1.82) is 0 Å². The van der Waals surface area contributed by atoms with Crippen LogP contribution in [0.2, 0.25) is 0 Å². The van der Waals surface area contributed by atoms with Crippen LogP contribution in [0.25, 0.3) is 0 Å². The van der Waals surface area contributed by atoms with Gasteiger partial charge in [0.15, 0.2) is 0 Å².